The van der Waals surface area contributed by atoms with E-state index >= 15 is 0 Å². The fourth-order valence-corrected chi connectivity index (χ4v) is 2.17. The average molecular weight is 286 g/mol. The second-order valence-electron chi connectivity index (χ2n) is 5.02. The van der Waals surface area contributed by atoms with E-state index in [2.05, 4.69) is 21.8 Å². The number of imidazole rings is 1. The van der Waals surface area contributed by atoms with Crippen molar-refractivity contribution in [3.8, 4) is 0 Å². The van der Waals surface area contributed by atoms with Gasteiger partial charge in [0.2, 0.25) is 5.91 Å². The van der Waals surface area contributed by atoms with E-state index in [1.165, 1.54) is 0 Å². The first-order valence-electron chi connectivity index (χ1n) is 7.15. The van der Waals surface area contributed by atoms with Crippen LogP contribution in [0.25, 0.3) is 0 Å². The van der Waals surface area contributed by atoms with Crippen molar-refractivity contribution >= 4 is 11.6 Å². The first-order chi connectivity index (χ1) is 10.1. The van der Waals surface area contributed by atoms with Crippen molar-refractivity contribution in [1.82, 2.24) is 14.5 Å². The lowest BCUT2D eigenvalue weighted by Crippen LogP contribution is -2.23. The third-order valence-corrected chi connectivity index (χ3v) is 3.54. The number of amides is 1. The second kappa shape index (κ2) is 6.92. The predicted molar refractivity (Wildman–Crippen MR) is 83.8 cm³/mol. The number of hydrogen-bond acceptors (Lipinski definition) is 3. The maximum absolute atomic E-state index is 11.4. The number of anilines is 1. The van der Waals surface area contributed by atoms with Crippen molar-refractivity contribution < 1.29 is 4.79 Å². The van der Waals surface area contributed by atoms with Gasteiger partial charge in [0.25, 0.3) is 0 Å². The number of para-hydroxylation sites is 1. The predicted octanol–water partition coefficient (Wildman–Crippen LogP) is 2.49. The highest BCUT2D eigenvalue weighted by atomic mass is 16.2. The molecule has 2 aromatic rings. The van der Waals surface area contributed by atoms with Gasteiger partial charge in [-0.2, -0.15) is 0 Å². The van der Waals surface area contributed by atoms with Gasteiger partial charge in [-0.15, -0.1) is 0 Å². The van der Waals surface area contributed by atoms with Crippen LogP contribution in [-0.2, 0) is 24.4 Å². The van der Waals surface area contributed by atoms with Gasteiger partial charge in [0.05, 0.1) is 6.54 Å². The number of aromatic nitrogens is 2. The standard InChI is InChI=1S/C16H22N4O/c1-4-20-10-9-17-16(20)11-18-15-8-6-5-7-14(15)12-19(3)13(2)21/h5-10,18H,4,11-12H2,1-3H3. The summed E-state index contributed by atoms with van der Waals surface area (Å²) in [6.45, 7) is 5.85. The quantitative estimate of drug-likeness (QED) is 0.887. The molecule has 1 heterocycles. The Labute approximate surface area is 125 Å². The molecule has 21 heavy (non-hydrogen) atoms. The highest BCUT2D eigenvalue weighted by Gasteiger charge is 2.08. The molecule has 0 radical (unpaired) electrons. The highest BCUT2D eigenvalue weighted by molar-refractivity contribution is 5.73. The largest absolute Gasteiger partial charge is 0.378 e. The second-order valence-corrected chi connectivity index (χ2v) is 5.02. The summed E-state index contributed by atoms with van der Waals surface area (Å²) in [5.74, 6) is 1.07. The molecule has 1 aromatic heterocycles. The SMILES string of the molecule is CCn1ccnc1CNc1ccccc1CN(C)C(C)=O. The molecule has 112 valence electrons. The van der Waals surface area contributed by atoms with Crippen LogP contribution in [0, 0.1) is 0 Å². The van der Waals surface area contributed by atoms with Crippen molar-refractivity contribution in [2.45, 2.75) is 33.5 Å². The smallest absolute Gasteiger partial charge is 0.219 e. The normalized spacial score (nSPS) is 10.4. The molecule has 1 amide bonds. The zero-order valence-electron chi connectivity index (χ0n) is 12.8. The van der Waals surface area contributed by atoms with Crippen LogP contribution in [-0.4, -0.2) is 27.4 Å². The summed E-state index contributed by atoms with van der Waals surface area (Å²) >= 11 is 0. The first kappa shape index (κ1) is 15.1. The summed E-state index contributed by atoms with van der Waals surface area (Å²) in [5.41, 5.74) is 2.14. The van der Waals surface area contributed by atoms with Crippen molar-refractivity contribution in [3.63, 3.8) is 0 Å². The molecule has 0 saturated carbocycles. The van der Waals surface area contributed by atoms with Crippen molar-refractivity contribution in [1.29, 1.82) is 0 Å². The molecule has 5 heteroatoms. The highest BCUT2D eigenvalue weighted by Crippen LogP contribution is 2.17. The van der Waals surface area contributed by atoms with Crippen LogP contribution in [0.2, 0.25) is 0 Å². The van der Waals surface area contributed by atoms with Crippen LogP contribution >= 0.6 is 0 Å². The van der Waals surface area contributed by atoms with Gasteiger partial charge < -0.3 is 14.8 Å². The minimum absolute atomic E-state index is 0.0614. The number of aryl methyl sites for hydroxylation is 1. The van der Waals surface area contributed by atoms with E-state index in [4.69, 9.17) is 0 Å². The molecule has 0 aliphatic rings. The summed E-state index contributed by atoms with van der Waals surface area (Å²) < 4.78 is 2.11. The lowest BCUT2D eigenvalue weighted by molar-refractivity contribution is -0.128. The lowest BCUT2D eigenvalue weighted by atomic mass is 10.1. The van der Waals surface area contributed by atoms with Crippen LogP contribution in [0.5, 0.6) is 0 Å². The zero-order chi connectivity index (χ0) is 15.2. The number of nitrogens with zero attached hydrogens (tertiary/aromatic N) is 3. The van der Waals surface area contributed by atoms with Gasteiger partial charge in [0.15, 0.2) is 0 Å². The van der Waals surface area contributed by atoms with E-state index < -0.39 is 0 Å². The minimum Gasteiger partial charge on any atom is -0.378 e. The van der Waals surface area contributed by atoms with Gasteiger partial charge in [0.1, 0.15) is 5.82 Å². The fourth-order valence-electron chi connectivity index (χ4n) is 2.17. The Kier molecular flexibility index (Phi) is 4.98. The molecule has 0 fully saturated rings. The Morgan fingerprint density at radius 3 is 2.86 bits per heavy atom. The molecule has 2 rings (SSSR count). The van der Waals surface area contributed by atoms with Gasteiger partial charge in [0, 0.05) is 45.1 Å². The molecule has 0 aliphatic heterocycles. The number of carbonyl (C=O) groups is 1. The summed E-state index contributed by atoms with van der Waals surface area (Å²) in [7, 11) is 1.81. The topological polar surface area (TPSA) is 50.2 Å². The number of hydrogen-bond donors (Lipinski definition) is 1. The molecule has 1 N–H and O–H groups in total. The molecule has 1 aromatic carbocycles. The van der Waals surface area contributed by atoms with Crippen molar-refractivity contribution in [2.24, 2.45) is 0 Å². The van der Waals surface area contributed by atoms with Gasteiger partial charge in [-0.3, -0.25) is 4.79 Å². The van der Waals surface area contributed by atoms with Crippen LogP contribution in [0.4, 0.5) is 5.69 Å². The zero-order valence-corrected chi connectivity index (χ0v) is 12.8. The van der Waals surface area contributed by atoms with E-state index in [0.29, 0.717) is 13.1 Å². The fraction of sp³-hybridized carbons (Fsp3) is 0.375. The minimum atomic E-state index is 0.0614. The number of nitrogens with one attached hydrogen (secondary N) is 1. The Bertz CT molecular complexity index is 606. The Morgan fingerprint density at radius 1 is 1.38 bits per heavy atom. The average Bonchev–Trinajstić information content (AvgIpc) is 2.93. The van der Waals surface area contributed by atoms with Crippen LogP contribution in [0.3, 0.4) is 0 Å². The monoisotopic (exact) mass is 286 g/mol. The third kappa shape index (κ3) is 3.84. The van der Waals surface area contributed by atoms with E-state index in [1.807, 2.05) is 43.7 Å². The molecule has 0 atom stereocenters. The van der Waals surface area contributed by atoms with E-state index in [1.54, 1.807) is 11.8 Å². The summed E-state index contributed by atoms with van der Waals surface area (Å²) in [6.07, 6.45) is 3.79. The first-order valence-corrected chi connectivity index (χ1v) is 7.15. The molecular formula is C16H22N4O. The summed E-state index contributed by atoms with van der Waals surface area (Å²) in [4.78, 5) is 17.4. The summed E-state index contributed by atoms with van der Waals surface area (Å²) in [6, 6.07) is 8.05. The Morgan fingerprint density at radius 2 is 2.14 bits per heavy atom. The molecule has 0 bridgehead atoms. The number of rotatable bonds is 6. The van der Waals surface area contributed by atoms with Gasteiger partial charge >= 0.3 is 0 Å². The van der Waals surface area contributed by atoms with E-state index in [0.717, 1.165) is 23.6 Å². The Hall–Kier alpha value is -2.30. The maximum atomic E-state index is 11.4. The van der Waals surface area contributed by atoms with Crippen LogP contribution in [0.1, 0.15) is 25.2 Å². The van der Waals surface area contributed by atoms with Gasteiger partial charge in [-0.1, -0.05) is 18.2 Å². The van der Waals surface area contributed by atoms with Crippen molar-refractivity contribution in [2.75, 3.05) is 12.4 Å². The molecule has 0 aliphatic carbocycles. The van der Waals surface area contributed by atoms with Crippen molar-refractivity contribution in [3.05, 3.63) is 48.0 Å². The van der Waals surface area contributed by atoms with E-state index in [-0.39, 0.29) is 5.91 Å². The number of benzene rings is 1. The van der Waals surface area contributed by atoms with Crippen LogP contribution in [0.15, 0.2) is 36.7 Å². The lowest BCUT2D eigenvalue weighted by Gasteiger charge is -2.18. The van der Waals surface area contributed by atoms with Gasteiger partial charge in [-0.05, 0) is 18.6 Å². The molecule has 0 spiro atoms. The van der Waals surface area contributed by atoms with E-state index in [9.17, 15) is 4.79 Å². The number of carbonyl (C=O) groups excluding carboxylic acids is 1. The van der Waals surface area contributed by atoms with Crippen LogP contribution < -0.4 is 5.32 Å². The molecule has 5 nitrogen and oxygen atoms in total. The van der Waals surface area contributed by atoms with Gasteiger partial charge in [-0.25, -0.2) is 4.98 Å². The molecular weight excluding hydrogens is 264 g/mol. The molecule has 0 unspecified atom stereocenters. The Balaban J connectivity index is 2.08. The summed E-state index contributed by atoms with van der Waals surface area (Å²) in [5, 5.41) is 3.41. The third-order valence-electron chi connectivity index (χ3n) is 3.54. The maximum Gasteiger partial charge on any atom is 0.219 e. The molecule has 0 saturated heterocycles.